The van der Waals surface area contributed by atoms with Crippen LogP contribution in [-0.2, 0) is 4.74 Å². The van der Waals surface area contributed by atoms with E-state index in [1.807, 2.05) is 48.2 Å². The van der Waals surface area contributed by atoms with Crippen molar-refractivity contribution in [2.45, 2.75) is 17.7 Å². The average molecular weight is 335 g/mol. The molecule has 1 heterocycles. The Morgan fingerprint density at radius 3 is 2.18 bits per heavy atom. The number of ether oxygens (including phenoxy) is 2. The van der Waals surface area contributed by atoms with Crippen LogP contribution in [0.15, 0.2) is 53.4 Å². The first kappa shape index (κ1) is 15.7. The van der Waals surface area contributed by atoms with Crippen molar-refractivity contribution in [2.75, 3.05) is 19.0 Å². The predicted molar refractivity (Wildman–Crippen MR) is 92.2 cm³/mol. The Hall–Kier alpha value is -1.16. The lowest BCUT2D eigenvalue weighted by Crippen LogP contribution is -2.17. The molecule has 0 unspecified atom stereocenters. The highest BCUT2D eigenvalue weighted by Crippen LogP contribution is 2.29. The molecule has 0 atom stereocenters. The van der Waals surface area contributed by atoms with E-state index in [4.69, 9.17) is 21.1 Å². The number of benzene rings is 2. The fourth-order valence-electron chi connectivity index (χ4n) is 2.37. The van der Waals surface area contributed by atoms with Gasteiger partial charge in [-0.05, 0) is 67.3 Å². The highest BCUT2D eigenvalue weighted by Gasteiger charge is 2.13. The highest BCUT2D eigenvalue weighted by atomic mass is 35.5. The van der Waals surface area contributed by atoms with E-state index in [9.17, 15) is 0 Å². The molecule has 0 spiro atoms. The lowest BCUT2D eigenvalue weighted by molar-refractivity contribution is 0.0728. The minimum absolute atomic E-state index is 0.715. The van der Waals surface area contributed by atoms with Crippen molar-refractivity contribution in [3.63, 3.8) is 0 Å². The van der Waals surface area contributed by atoms with Crippen LogP contribution in [0.4, 0.5) is 0 Å². The molecular weight excluding hydrogens is 316 g/mol. The van der Waals surface area contributed by atoms with Crippen molar-refractivity contribution in [2.24, 2.45) is 5.92 Å². The van der Waals surface area contributed by atoms with Crippen molar-refractivity contribution in [1.82, 2.24) is 0 Å². The lowest BCUT2D eigenvalue weighted by Gasteiger charge is -2.21. The monoisotopic (exact) mass is 334 g/mol. The molecule has 1 aliphatic rings. The van der Waals surface area contributed by atoms with Crippen molar-refractivity contribution in [1.29, 1.82) is 0 Å². The number of hydrogen-bond acceptors (Lipinski definition) is 3. The van der Waals surface area contributed by atoms with Gasteiger partial charge in [-0.3, -0.25) is 0 Å². The van der Waals surface area contributed by atoms with Crippen molar-refractivity contribution < 1.29 is 9.47 Å². The third-order valence-corrected chi connectivity index (χ3v) is 5.20. The van der Waals surface area contributed by atoms with Gasteiger partial charge in [0.25, 0.3) is 0 Å². The Morgan fingerprint density at radius 2 is 1.55 bits per heavy atom. The molecule has 0 N–H and O–H groups in total. The van der Waals surface area contributed by atoms with Crippen molar-refractivity contribution >= 4 is 23.4 Å². The summed E-state index contributed by atoms with van der Waals surface area (Å²) >= 11 is 7.78. The van der Waals surface area contributed by atoms with Gasteiger partial charge in [0.15, 0.2) is 0 Å². The summed E-state index contributed by atoms with van der Waals surface area (Å²) in [5, 5.41) is 0.715. The van der Waals surface area contributed by atoms with Crippen LogP contribution in [0.25, 0.3) is 0 Å². The first-order valence-corrected chi connectivity index (χ1v) is 8.90. The van der Waals surface area contributed by atoms with Gasteiger partial charge in [-0.2, -0.15) is 0 Å². The second-order valence-corrected chi connectivity index (χ2v) is 6.92. The second kappa shape index (κ2) is 7.91. The Labute approximate surface area is 140 Å². The maximum Gasteiger partial charge on any atom is 0.127 e. The summed E-state index contributed by atoms with van der Waals surface area (Å²) < 4.78 is 11.2. The van der Waals surface area contributed by atoms with E-state index in [1.165, 1.54) is 23.5 Å². The van der Waals surface area contributed by atoms with Gasteiger partial charge in [0, 0.05) is 28.9 Å². The van der Waals surface area contributed by atoms with Gasteiger partial charge in [0.2, 0.25) is 0 Å². The Morgan fingerprint density at radius 1 is 0.955 bits per heavy atom. The van der Waals surface area contributed by atoms with Crippen molar-refractivity contribution in [3.8, 4) is 11.5 Å². The summed E-state index contributed by atoms with van der Waals surface area (Å²) in [6, 6.07) is 15.7. The number of hydrogen-bond donors (Lipinski definition) is 0. The largest absolute Gasteiger partial charge is 0.457 e. The zero-order valence-electron chi connectivity index (χ0n) is 12.3. The van der Waals surface area contributed by atoms with Gasteiger partial charge in [0.05, 0.1) is 0 Å². The number of halogens is 1. The molecule has 1 fully saturated rings. The summed E-state index contributed by atoms with van der Waals surface area (Å²) in [5.74, 6) is 3.59. The van der Waals surface area contributed by atoms with E-state index in [0.717, 1.165) is 30.6 Å². The Kier molecular flexibility index (Phi) is 5.65. The molecule has 22 heavy (non-hydrogen) atoms. The summed E-state index contributed by atoms with van der Waals surface area (Å²) in [7, 11) is 0. The first-order valence-electron chi connectivity index (χ1n) is 7.53. The lowest BCUT2D eigenvalue weighted by atomic mass is 10.0. The van der Waals surface area contributed by atoms with Crippen LogP contribution < -0.4 is 4.74 Å². The van der Waals surface area contributed by atoms with E-state index >= 15 is 0 Å². The van der Waals surface area contributed by atoms with E-state index < -0.39 is 0 Å². The highest BCUT2D eigenvalue weighted by molar-refractivity contribution is 7.99. The molecule has 1 aliphatic heterocycles. The maximum absolute atomic E-state index is 5.87. The zero-order valence-corrected chi connectivity index (χ0v) is 13.9. The topological polar surface area (TPSA) is 18.5 Å². The van der Waals surface area contributed by atoms with Gasteiger partial charge in [0.1, 0.15) is 11.5 Å². The van der Waals surface area contributed by atoms with Crippen LogP contribution in [-0.4, -0.2) is 19.0 Å². The molecule has 0 amide bonds. The van der Waals surface area contributed by atoms with Crippen LogP contribution >= 0.6 is 23.4 Å². The van der Waals surface area contributed by atoms with Gasteiger partial charge >= 0.3 is 0 Å². The molecule has 116 valence electrons. The summed E-state index contributed by atoms with van der Waals surface area (Å²) in [6.45, 7) is 1.83. The molecule has 2 aromatic rings. The third kappa shape index (κ3) is 4.67. The molecular formula is C18H19ClO2S. The minimum atomic E-state index is 0.715. The van der Waals surface area contributed by atoms with Crippen LogP contribution in [0.3, 0.4) is 0 Å². The quantitative estimate of drug-likeness (QED) is 0.658. The number of thioether (sulfide) groups is 1. The fraction of sp³-hybridized carbons (Fsp3) is 0.333. The predicted octanol–water partition coefficient (Wildman–Crippen LogP) is 5.65. The van der Waals surface area contributed by atoms with Crippen LogP contribution in [0.2, 0.25) is 5.02 Å². The molecule has 0 radical (unpaired) electrons. The molecule has 3 rings (SSSR count). The summed E-state index contributed by atoms with van der Waals surface area (Å²) in [5.41, 5.74) is 0. The molecule has 0 bridgehead atoms. The molecule has 1 saturated heterocycles. The fourth-order valence-corrected chi connectivity index (χ4v) is 3.59. The number of rotatable bonds is 5. The molecule has 0 saturated carbocycles. The van der Waals surface area contributed by atoms with E-state index in [2.05, 4.69) is 12.1 Å². The molecule has 2 nitrogen and oxygen atoms in total. The maximum atomic E-state index is 5.87. The summed E-state index contributed by atoms with van der Waals surface area (Å²) in [4.78, 5) is 1.29. The molecule has 2 aromatic carbocycles. The molecule has 0 aromatic heterocycles. The summed E-state index contributed by atoms with van der Waals surface area (Å²) in [6.07, 6.45) is 2.37. The van der Waals surface area contributed by atoms with Crippen LogP contribution in [0.1, 0.15) is 12.8 Å². The van der Waals surface area contributed by atoms with Crippen LogP contribution in [0, 0.1) is 5.92 Å². The minimum Gasteiger partial charge on any atom is -0.457 e. The van der Waals surface area contributed by atoms with Gasteiger partial charge in [-0.1, -0.05) is 11.6 Å². The smallest absolute Gasteiger partial charge is 0.127 e. The SMILES string of the molecule is Clc1ccc(Oc2ccc(SCC3CCOCC3)cc2)cc1. The second-order valence-electron chi connectivity index (χ2n) is 5.39. The van der Waals surface area contributed by atoms with Gasteiger partial charge in [-0.15, -0.1) is 11.8 Å². The van der Waals surface area contributed by atoms with Crippen molar-refractivity contribution in [3.05, 3.63) is 53.6 Å². The van der Waals surface area contributed by atoms with E-state index in [-0.39, 0.29) is 0 Å². The molecule has 0 aliphatic carbocycles. The normalized spacial score (nSPS) is 15.7. The van der Waals surface area contributed by atoms with E-state index in [0.29, 0.717) is 5.02 Å². The van der Waals surface area contributed by atoms with Gasteiger partial charge < -0.3 is 9.47 Å². The van der Waals surface area contributed by atoms with E-state index in [1.54, 1.807) is 0 Å². The Bertz CT molecular complexity index is 577. The molecule has 4 heteroatoms. The first-order chi connectivity index (χ1) is 10.8. The Balaban J connectivity index is 1.52. The zero-order chi connectivity index (χ0) is 15.2. The third-order valence-electron chi connectivity index (χ3n) is 3.70. The average Bonchev–Trinajstić information content (AvgIpc) is 2.57. The standard InChI is InChI=1S/C18H19ClO2S/c19-15-1-3-16(4-2-15)21-17-5-7-18(8-6-17)22-13-14-9-11-20-12-10-14/h1-8,14H,9-13H2. The van der Waals surface area contributed by atoms with Crippen LogP contribution in [0.5, 0.6) is 11.5 Å². The van der Waals surface area contributed by atoms with Gasteiger partial charge in [-0.25, -0.2) is 0 Å².